The van der Waals surface area contributed by atoms with Crippen LogP contribution in [-0.4, -0.2) is 11.0 Å². The number of nitriles is 1. The van der Waals surface area contributed by atoms with Crippen molar-refractivity contribution in [1.82, 2.24) is 0 Å². The quantitative estimate of drug-likeness (QED) is 0.606. The van der Waals surface area contributed by atoms with Gasteiger partial charge in [-0.3, -0.25) is 4.79 Å². The third kappa shape index (κ3) is 4.29. The maximum atomic E-state index is 12.3. The van der Waals surface area contributed by atoms with Gasteiger partial charge in [0.1, 0.15) is 17.4 Å². The van der Waals surface area contributed by atoms with Gasteiger partial charge in [0.05, 0.1) is 0 Å². The first kappa shape index (κ1) is 17.9. The molecule has 0 spiro atoms. The van der Waals surface area contributed by atoms with Crippen LogP contribution in [-0.2, 0) is 4.79 Å². The molecule has 2 aromatic rings. The van der Waals surface area contributed by atoms with Gasteiger partial charge in [0.15, 0.2) is 0 Å². The van der Waals surface area contributed by atoms with Gasteiger partial charge in [-0.05, 0) is 66.9 Å². The summed E-state index contributed by atoms with van der Waals surface area (Å²) in [5.41, 5.74) is 2.31. The van der Waals surface area contributed by atoms with Gasteiger partial charge >= 0.3 is 0 Å². The molecule has 2 rings (SSSR count). The van der Waals surface area contributed by atoms with Crippen LogP contribution in [0.3, 0.4) is 0 Å². The van der Waals surface area contributed by atoms with Crippen LogP contribution in [0.5, 0.6) is 5.75 Å². The summed E-state index contributed by atoms with van der Waals surface area (Å²) < 4.78 is 0. The minimum absolute atomic E-state index is 0.0735. The topological polar surface area (TPSA) is 73.1 Å². The predicted molar refractivity (Wildman–Crippen MR) is 96.3 cm³/mol. The molecule has 0 bridgehead atoms. The molecule has 0 saturated carbocycles. The van der Waals surface area contributed by atoms with E-state index in [9.17, 15) is 15.2 Å². The summed E-state index contributed by atoms with van der Waals surface area (Å²) >= 11 is 11.8. The second kappa shape index (κ2) is 7.39. The molecular formula is C18H14Cl2N2O2. The number of anilines is 1. The van der Waals surface area contributed by atoms with Crippen LogP contribution >= 0.6 is 23.2 Å². The van der Waals surface area contributed by atoms with Gasteiger partial charge in [0, 0.05) is 15.7 Å². The molecular weight excluding hydrogens is 347 g/mol. The number of hydrogen-bond acceptors (Lipinski definition) is 3. The van der Waals surface area contributed by atoms with Gasteiger partial charge in [0.25, 0.3) is 5.91 Å². The van der Waals surface area contributed by atoms with Crippen molar-refractivity contribution in [2.75, 3.05) is 5.32 Å². The Kier molecular flexibility index (Phi) is 5.50. The average Bonchev–Trinajstić information content (AvgIpc) is 2.48. The highest BCUT2D eigenvalue weighted by molar-refractivity contribution is 6.35. The van der Waals surface area contributed by atoms with E-state index in [0.29, 0.717) is 32.4 Å². The molecule has 0 radical (unpaired) electrons. The van der Waals surface area contributed by atoms with Crippen molar-refractivity contribution in [3.05, 3.63) is 62.6 Å². The number of hydrogen-bond donors (Lipinski definition) is 2. The first-order chi connectivity index (χ1) is 11.3. The molecule has 4 nitrogen and oxygen atoms in total. The molecule has 0 saturated heterocycles. The Morgan fingerprint density at radius 1 is 1.12 bits per heavy atom. The Labute approximate surface area is 149 Å². The number of carbonyl (C=O) groups is 1. The lowest BCUT2D eigenvalue weighted by Crippen LogP contribution is -2.13. The van der Waals surface area contributed by atoms with Crippen LogP contribution in [0.1, 0.15) is 16.7 Å². The van der Waals surface area contributed by atoms with Crippen molar-refractivity contribution >= 4 is 40.9 Å². The zero-order chi connectivity index (χ0) is 17.9. The third-order valence-electron chi connectivity index (χ3n) is 3.31. The van der Waals surface area contributed by atoms with E-state index in [1.165, 1.54) is 18.2 Å². The summed E-state index contributed by atoms with van der Waals surface area (Å²) in [7, 11) is 0. The molecule has 0 aromatic heterocycles. The monoisotopic (exact) mass is 360 g/mol. The number of phenols is 1. The van der Waals surface area contributed by atoms with Crippen LogP contribution < -0.4 is 5.32 Å². The van der Waals surface area contributed by atoms with E-state index in [2.05, 4.69) is 5.32 Å². The number of rotatable bonds is 3. The van der Waals surface area contributed by atoms with Crippen LogP contribution in [0.4, 0.5) is 5.69 Å². The predicted octanol–water partition coefficient (Wildman–Crippen LogP) is 4.86. The van der Waals surface area contributed by atoms with E-state index in [4.69, 9.17) is 23.2 Å². The van der Waals surface area contributed by atoms with Gasteiger partial charge < -0.3 is 10.4 Å². The highest BCUT2D eigenvalue weighted by Gasteiger charge is 2.11. The van der Waals surface area contributed by atoms with Crippen LogP contribution in [0.15, 0.2) is 35.9 Å². The molecule has 24 heavy (non-hydrogen) atoms. The zero-order valence-corrected chi connectivity index (χ0v) is 14.5. The van der Waals surface area contributed by atoms with E-state index in [1.807, 2.05) is 6.07 Å². The molecule has 2 N–H and O–H groups in total. The number of aromatic hydroxyl groups is 1. The second-order valence-electron chi connectivity index (χ2n) is 5.29. The summed E-state index contributed by atoms with van der Waals surface area (Å²) in [6.45, 7) is 3.50. The largest absolute Gasteiger partial charge is 0.507 e. The fourth-order valence-corrected chi connectivity index (χ4v) is 2.74. The van der Waals surface area contributed by atoms with Crippen molar-refractivity contribution in [3.63, 3.8) is 0 Å². The van der Waals surface area contributed by atoms with Crippen molar-refractivity contribution in [2.45, 2.75) is 13.8 Å². The molecule has 122 valence electrons. The maximum absolute atomic E-state index is 12.3. The fourth-order valence-electron chi connectivity index (χ4n) is 2.21. The van der Waals surface area contributed by atoms with Crippen molar-refractivity contribution in [1.29, 1.82) is 5.26 Å². The van der Waals surface area contributed by atoms with Crippen molar-refractivity contribution < 1.29 is 9.90 Å². The van der Waals surface area contributed by atoms with Crippen LogP contribution in [0.2, 0.25) is 10.0 Å². The third-order valence-corrected chi connectivity index (χ3v) is 3.75. The zero-order valence-electron chi connectivity index (χ0n) is 13.0. The minimum atomic E-state index is -0.570. The minimum Gasteiger partial charge on any atom is -0.507 e. The molecule has 0 aliphatic carbocycles. The Morgan fingerprint density at radius 3 is 2.17 bits per heavy atom. The normalized spacial score (nSPS) is 11.0. The Balaban J connectivity index is 2.30. The summed E-state index contributed by atoms with van der Waals surface area (Å²) in [5, 5.41) is 22.4. The molecule has 6 heteroatoms. The highest BCUT2D eigenvalue weighted by Crippen LogP contribution is 2.25. The molecule has 0 aliphatic heterocycles. The van der Waals surface area contributed by atoms with E-state index >= 15 is 0 Å². The molecule has 2 aromatic carbocycles. The van der Waals surface area contributed by atoms with E-state index in [1.54, 1.807) is 32.0 Å². The van der Waals surface area contributed by atoms with Crippen LogP contribution in [0, 0.1) is 25.2 Å². The number of benzene rings is 2. The summed E-state index contributed by atoms with van der Waals surface area (Å²) in [4.78, 5) is 12.3. The first-order valence-electron chi connectivity index (χ1n) is 6.99. The van der Waals surface area contributed by atoms with Gasteiger partial charge in [-0.25, -0.2) is 0 Å². The van der Waals surface area contributed by atoms with Crippen molar-refractivity contribution in [3.8, 4) is 11.8 Å². The van der Waals surface area contributed by atoms with Crippen molar-refractivity contribution in [2.24, 2.45) is 0 Å². The average molecular weight is 361 g/mol. The Bertz CT molecular complexity index is 840. The number of amides is 1. The molecule has 1 amide bonds. The molecule has 0 aliphatic rings. The van der Waals surface area contributed by atoms with E-state index in [0.717, 1.165) is 0 Å². The number of carbonyl (C=O) groups excluding carboxylic acids is 1. The smallest absolute Gasteiger partial charge is 0.266 e. The van der Waals surface area contributed by atoms with E-state index in [-0.39, 0.29) is 11.3 Å². The molecule has 0 atom stereocenters. The first-order valence-corrected chi connectivity index (χ1v) is 7.75. The lowest BCUT2D eigenvalue weighted by molar-refractivity contribution is -0.112. The van der Waals surface area contributed by atoms with E-state index < -0.39 is 5.91 Å². The maximum Gasteiger partial charge on any atom is 0.266 e. The summed E-state index contributed by atoms with van der Waals surface area (Å²) in [6.07, 6.45) is 1.46. The summed E-state index contributed by atoms with van der Waals surface area (Å²) in [6, 6.07) is 9.89. The number of halogens is 2. The lowest BCUT2D eigenvalue weighted by Gasteiger charge is -2.07. The number of nitrogens with zero attached hydrogens (tertiary/aromatic N) is 1. The van der Waals surface area contributed by atoms with Gasteiger partial charge in [-0.1, -0.05) is 23.2 Å². The van der Waals surface area contributed by atoms with Gasteiger partial charge in [0.2, 0.25) is 0 Å². The Morgan fingerprint density at radius 2 is 1.67 bits per heavy atom. The number of phenolic OH excluding ortho intramolecular Hbond substituents is 1. The molecule has 0 fully saturated rings. The molecule has 0 unspecified atom stereocenters. The van der Waals surface area contributed by atoms with Gasteiger partial charge in [-0.15, -0.1) is 0 Å². The van der Waals surface area contributed by atoms with Crippen LogP contribution in [0.25, 0.3) is 6.08 Å². The SMILES string of the molecule is Cc1cc(/C=C(\C#N)C(=O)Nc2cc(Cl)cc(Cl)c2)cc(C)c1O. The summed E-state index contributed by atoms with van der Waals surface area (Å²) in [5.74, 6) is -0.372. The number of aryl methyl sites for hydroxylation is 2. The standard InChI is InChI=1S/C18H14Cl2N2O2/c1-10-3-12(4-11(2)17(10)23)5-13(9-21)18(24)22-16-7-14(19)6-15(20)8-16/h3-8,23H,1-2H3,(H,22,24)/b13-5+. The lowest BCUT2D eigenvalue weighted by atomic mass is 10.0. The Hall–Kier alpha value is -2.48. The highest BCUT2D eigenvalue weighted by atomic mass is 35.5. The number of nitrogens with one attached hydrogen (secondary N) is 1. The fraction of sp³-hybridized carbons (Fsp3) is 0.111. The van der Waals surface area contributed by atoms with Gasteiger partial charge in [-0.2, -0.15) is 5.26 Å². The second-order valence-corrected chi connectivity index (χ2v) is 6.16. The molecule has 0 heterocycles.